The number of rotatable bonds is 2. The predicted octanol–water partition coefficient (Wildman–Crippen LogP) is 4.10. The van der Waals surface area contributed by atoms with Crippen molar-refractivity contribution in [1.82, 2.24) is 15.2 Å². The minimum absolute atomic E-state index is 0.0111. The lowest BCUT2D eigenvalue weighted by molar-refractivity contribution is -0.137. The Kier molecular flexibility index (Phi) is 4.45. The fourth-order valence-electron chi connectivity index (χ4n) is 4.51. The molecule has 28 heavy (non-hydrogen) atoms. The summed E-state index contributed by atoms with van der Waals surface area (Å²) in [6.07, 6.45) is -1.95. The summed E-state index contributed by atoms with van der Waals surface area (Å²) in [4.78, 5) is 19.2. The van der Waals surface area contributed by atoms with Gasteiger partial charge in [-0.05, 0) is 68.6 Å². The second-order valence-corrected chi connectivity index (χ2v) is 7.70. The predicted molar refractivity (Wildman–Crippen MR) is 99.5 cm³/mol. The first-order valence-corrected chi connectivity index (χ1v) is 9.38. The number of nitrogens with zero attached hydrogens (tertiary/aromatic N) is 2. The van der Waals surface area contributed by atoms with Crippen molar-refractivity contribution in [3.63, 3.8) is 0 Å². The van der Waals surface area contributed by atoms with Gasteiger partial charge in [-0.25, -0.2) is 0 Å². The van der Waals surface area contributed by atoms with E-state index in [0.29, 0.717) is 12.1 Å². The van der Waals surface area contributed by atoms with E-state index in [2.05, 4.69) is 15.2 Å². The van der Waals surface area contributed by atoms with E-state index in [0.717, 1.165) is 48.3 Å². The molecule has 4 rings (SSSR count). The standard InChI is InChI=1S/C21H22F3N3O/c1-13-11-15(14-3-5-16(6-4-14)21(22,23)24)12-17(26-13)18-7-8-20(27(18)2)9-10-25-19(20)28/h3-6,11-12,18H,7-10H2,1-2H3,(H,25,28)/t18-,20+/m0/s1. The van der Waals surface area contributed by atoms with Crippen LogP contribution in [-0.2, 0) is 11.0 Å². The molecule has 1 amide bonds. The number of halogens is 3. The first-order valence-electron chi connectivity index (χ1n) is 9.38. The van der Waals surface area contributed by atoms with Gasteiger partial charge in [0.15, 0.2) is 0 Å². The van der Waals surface area contributed by atoms with Crippen molar-refractivity contribution in [1.29, 1.82) is 0 Å². The smallest absolute Gasteiger partial charge is 0.354 e. The Labute approximate surface area is 161 Å². The van der Waals surface area contributed by atoms with Crippen LogP contribution >= 0.6 is 0 Å². The van der Waals surface area contributed by atoms with Crippen LogP contribution in [0, 0.1) is 6.92 Å². The normalized spacial score (nSPS) is 25.5. The van der Waals surface area contributed by atoms with Gasteiger partial charge < -0.3 is 5.32 Å². The highest BCUT2D eigenvalue weighted by molar-refractivity contribution is 5.88. The number of alkyl halides is 3. The Hall–Kier alpha value is -2.41. The van der Waals surface area contributed by atoms with E-state index in [-0.39, 0.29) is 11.9 Å². The van der Waals surface area contributed by atoms with Gasteiger partial charge in [0.2, 0.25) is 5.91 Å². The number of aryl methyl sites for hydroxylation is 1. The molecule has 2 aliphatic heterocycles. The molecule has 2 saturated heterocycles. The number of nitrogens with one attached hydrogen (secondary N) is 1. The summed E-state index contributed by atoms with van der Waals surface area (Å²) in [7, 11) is 1.96. The van der Waals surface area contributed by atoms with Gasteiger partial charge in [-0.15, -0.1) is 0 Å². The molecule has 1 aromatic heterocycles. The molecule has 2 aromatic rings. The van der Waals surface area contributed by atoms with E-state index >= 15 is 0 Å². The SMILES string of the molecule is Cc1cc(-c2ccc(C(F)(F)F)cc2)cc([C@@H]2CC[C@]3(CCNC3=O)N2C)n1. The monoisotopic (exact) mass is 389 g/mol. The number of aromatic nitrogens is 1. The molecule has 0 saturated carbocycles. The molecule has 2 atom stereocenters. The summed E-state index contributed by atoms with van der Waals surface area (Å²) in [5.41, 5.74) is 2.08. The summed E-state index contributed by atoms with van der Waals surface area (Å²) in [5.74, 6) is 0.0770. The van der Waals surface area contributed by atoms with Crippen LogP contribution in [0.15, 0.2) is 36.4 Å². The van der Waals surface area contributed by atoms with E-state index in [9.17, 15) is 18.0 Å². The van der Waals surface area contributed by atoms with Crippen LogP contribution in [0.5, 0.6) is 0 Å². The van der Waals surface area contributed by atoms with Crippen molar-refractivity contribution in [2.45, 2.75) is 43.9 Å². The van der Waals surface area contributed by atoms with Crippen LogP contribution in [0.4, 0.5) is 13.2 Å². The zero-order valence-electron chi connectivity index (χ0n) is 15.8. The fraction of sp³-hybridized carbons (Fsp3) is 0.429. The Morgan fingerprint density at radius 1 is 1.14 bits per heavy atom. The van der Waals surface area contributed by atoms with Gasteiger partial charge in [0.05, 0.1) is 17.3 Å². The quantitative estimate of drug-likeness (QED) is 0.841. The molecule has 7 heteroatoms. The molecule has 1 aromatic carbocycles. The molecular formula is C21H22F3N3O. The maximum Gasteiger partial charge on any atom is 0.416 e. The summed E-state index contributed by atoms with van der Waals surface area (Å²) in [5, 5.41) is 2.93. The molecule has 0 radical (unpaired) electrons. The molecule has 3 heterocycles. The van der Waals surface area contributed by atoms with Crippen molar-refractivity contribution >= 4 is 5.91 Å². The van der Waals surface area contributed by atoms with Gasteiger partial charge in [0.1, 0.15) is 5.54 Å². The highest BCUT2D eigenvalue weighted by Gasteiger charge is 2.52. The number of hydrogen-bond donors (Lipinski definition) is 1. The van der Waals surface area contributed by atoms with Crippen LogP contribution in [0.2, 0.25) is 0 Å². The molecule has 0 bridgehead atoms. The zero-order valence-corrected chi connectivity index (χ0v) is 15.8. The summed E-state index contributed by atoms with van der Waals surface area (Å²) in [6.45, 7) is 2.57. The van der Waals surface area contributed by atoms with Crippen LogP contribution < -0.4 is 5.32 Å². The van der Waals surface area contributed by atoms with Gasteiger partial charge in [-0.3, -0.25) is 14.7 Å². The average molecular weight is 389 g/mol. The third-order valence-electron chi connectivity index (χ3n) is 6.08. The van der Waals surface area contributed by atoms with Gasteiger partial charge >= 0.3 is 6.18 Å². The number of likely N-dealkylation sites (tertiary alicyclic amines) is 1. The van der Waals surface area contributed by atoms with Crippen molar-refractivity contribution < 1.29 is 18.0 Å². The number of likely N-dealkylation sites (N-methyl/N-ethyl adjacent to an activating group) is 1. The molecule has 1 spiro atoms. The summed E-state index contributed by atoms with van der Waals surface area (Å²) >= 11 is 0. The molecular weight excluding hydrogens is 367 g/mol. The van der Waals surface area contributed by atoms with Crippen LogP contribution in [-0.4, -0.2) is 34.9 Å². The highest BCUT2D eigenvalue weighted by Crippen LogP contribution is 2.45. The van der Waals surface area contributed by atoms with Crippen LogP contribution in [0.25, 0.3) is 11.1 Å². The molecule has 4 nitrogen and oxygen atoms in total. The topological polar surface area (TPSA) is 45.2 Å². The second kappa shape index (κ2) is 6.58. The molecule has 0 unspecified atom stereocenters. The molecule has 148 valence electrons. The van der Waals surface area contributed by atoms with E-state index < -0.39 is 17.3 Å². The van der Waals surface area contributed by atoms with Gasteiger partial charge in [0.25, 0.3) is 0 Å². The minimum Gasteiger partial charge on any atom is -0.354 e. The third-order valence-corrected chi connectivity index (χ3v) is 6.08. The zero-order chi connectivity index (χ0) is 20.1. The van der Waals surface area contributed by atoms with Crippen molar-refractivity contribution in [3.05, 3.63) is 53.3 Å². The Bertz CT molecular complexity index is 910. The fourth-order valence-corrected chi connectivity index (χ4v) is 4.51. The first-order chi connectivity index (χ1) is 13.2. The van der Waals surface area contributed by atoms with Gasteiger partial charge in [0, 0.05) is 12.2 Å². The van der Waals surface area contributed by atoms with Crippen LogP contribution in [0.3, 0.4) is 0 Å². The maximum absolute atomic E-state index is 12.8. The molecule has 1 N–H and O–H groups in total. The first kappa shape index (κ1) is 18.9. The largest absolute Gasteiger partial charge is 0.416 e. The van der Waals surface area contributed by atoms with Crippen molar-refractivity contribution in [2.75, 3.05) is 13.6 Å². The second-order valence-electron chi connectivity index (χ2n) is 7.70. The lowest BCUT2D eigenvalue weighted by atomic mass is 9.95. The van der Waals surface area contributed by atoms with Crippen molar-refractivity contribution in [2.24, 2.45) is 0 Å². The van der Waals surface area contributed by atoms with Gasteiger partial charge in [-0.2, -0.15) is 13.2 Å². The molecule has 2 aliphatic rings. The average Bonchev–Trinajstić information content (AvgIpc) is 3.18. The van der Waals surface area contributed by atoms with Crippen LogP contribution in [0.1, 0.15) is 42.3 Å². The van der Waals surface area contributed by atoms with E-state index in [1.165, 1.54) is 12.1 Å². The Morgan fingerprint density at radius 2 is 1.86 bits per heavy atom. The number of carbonyl (C=O) groups excluding carboxylic acids is 1. The maximum atomic E-state index is 12.8. The molecule has 2 fully saturated rings. The Balaban J connectivity index is 1.66. The third kappa shape index (κ3) is 3.07. The minimum atomic E-state index is -4.35. The number of carbonyl (C=O) groups is 1. The number of benzene rings is 1. The lowest BCUT2D eigenvalue weighted by Crippen LogP contribution is -2.48. The number of pyridine rings is 1. The van der Waals surface area contributed by atoms with E-state index in [1.807, 2.05) is 26.1 Å². The van der Waals surface area contributed by atoms with Crippen molar-refractivity contribution in [3.8, 4) is 11.1 Å². The highest BCUT2D eigenvalue weighted by atomic mass is 19.4. The van der Waals surface area contributed by atoms with Gasteiger partial charge in [-0.1, -0.05) is 12.1 Å². The number of amides is 1. The number of hydrogen-bond acceptors (Lipinski definition) is 3. The molecule has 0 aliphatic carbocycles. The Morgan fingerprint density at radius 3 is 2.46 bits per heavy atom. The summed E-state index contributed by atoms with van der Waals surface area (Å²) in [6, 6.07) is 9.00. The summed E-state index contributed by atoms with van der Waals surface area (Å²) < 4.78 is 38.5. The lowest BCUT2D eigenvalue weighted by Gasteiger charge is -2.32. The van der Waals surface area contributed by atoms with E-state index in [4.69, 9.17) is 0 Å². The van der Waals surface area contributed by atoms with E-state index in [1.54, 1.807) is 0 Å².